The fourth-order valence-electron chi connectivity index (χ4n) is 3.45. The molecule has 0 fully saturated rings. The lowest BCUT2D eigenvalue weighted by Gasteiger charge is -2.28. The number of fused-ring (bicyclic) bond motifs is 1. The number of nitrogens with one attached hydrogen (secondary N) is 1. The maximum absolute atomic E-state index is 13.3. The Balaban J connectivity index is 1.47. The van der Waals surface area contributed by atoms with Gasteiger partial charge in [0.2, 0.25) is 5.95 Å². The minimum Gasteiger partial charge on any atom is -0.493 e. The fraction of sp³-hybridized carbons (Fsp3) is 0.217. The molecule has 0 radical (unpaired) electrons. The number of benzene rings is 2. The van der Waals surface area contributed by atoms with E-state index in [1.807, 2.05) is 19.1 Å². The predicted octanol–water partition coefficient (Wildman–Crippen LogP) is 3.47. The van der Waals surface area contributed by atoms with Gasteiger partial charge in [-0.05, 0) is 37.3 Å². The van der Waals surface area contributed by atoms with Gasteiger partial charge in [0.25, 0.3) is 11.8 Å². The lowest BCUT2D eigenvalue weighted by Crippen LogP contribution is -2.36. The third-order valence-electron chi connectivity index (χ3n) is 4.95. The van der Waals surface area contributed by atoms with Crippen LogP contribution in [0.4, 0.5) is 10.3 Å². The molecule has 0 saturated heterocycles. The number of carbonyl (C=O) groups is 2. The number of rotatable bonds is 5. The van der Waals surface area contributed by atoms with Crippen molar-refractivity contribution >= 4 is 17.8 Å². The second-order valence-corrected chi connectivity index (χ2v) is 7.04. The van der Waals surface area contributed by atoms with Crippen molar-refractivity contribution in [2.24, 2.45) is 0 Å². The minimum absolute atomic E-state index is 0.113. The molecule has 0 aliphatic carbocycles. The van der Waals surface area contributed by atoms with Crippen LogP contribution in [-0.2, 0) is 13.0 Å². The van der Waals surface area contributed by atoms with Crippen molar-refractivity contribution in [2.75, 3.05) is 18.5 Å². The molecule has 1 aliphatic heterocycles. The molecule has 0 spiro atoms. The molecule has 7 nitrogen and oxygen atoms in total. The van der Waals surface area contributed by atoms with Crippen molar-refractivity contribution < 1.29 is 18.7 Å². The zero-order chi connectivity index (χ0) is 21.8. The monoisotopic (exact) mass is 420 g/mol. The van der Waals surface area contributed by atoms with Gasteiger partial charge in [0.05, 0.1) is 17.9 Å². The molecular weight excluding hydrogens is 399 g/mol. The Kier molecular flexibility index (Phi) is 5.88. The number of carbonyl (C=O) groups excluding carboxylic acids is 2. The van der Waals surface area contributed by atoms with Gasteiger partial charge < -0.3 is 9.64 Å². The summed E-state index contributed by atoms with van der Waals surface area (Å²) in [6.45, 7) is 3.21. The van der Waals surface area contributed by atoms with Crippen LogP contribution < -0.4 is 10.1 Å². The normalized spacial score (nSPS) is 12.8. The summed E-state index contributed by atoms with van der Waals surface area (Å²) in [7, 11) is 0. The van der Waals surface area contributed by atoms with Gasteiger partial charge >= 0.3 is 0 Å². The van der Waals surface area contributed by atoms with Crippen LogP contribution in [0.2, 0.25) is 0 Å². The summed E-state index contributed by atoms with van der Waals surface area (Å²) in [6.07, 6.45) is 2.14. The molecule has 1 aromatic heterocycles. The number of anilines is 1. The molecule has 31 heavy (non-hydrogen) atoms. The van der Waals surface area contributed by atoms with Crippen LogP contribution in [0, 0.1) is 5.82 Å². The number of hydrogen-bond acceptors (Lipinski definition) is 5. The third-order valence-corrected chi connectivity index (χ3v) is 4.95. The van der Waals surface area contributed by atoms with E-state index in [1.54, 1.807) is 23.2 Å². The van der Waals surface area contributed by atoms with E-state index in [9.17, 15) is 14.0 Å². The van der Waals surface area contributed by atoms with Crippen LogP contribution in [-0.4, -0.2) is 39.8 Å². The topological polar surface area (TPSA) is 84.4 Å². The summed E-state index contributed by atoms with van der Waals surface area (Å²) >= 11 is 0. The summed E-state index contributed by atoms with van der Waals surface area (Å²) in [5.41, 5.74) is 2.29. The average Bonchev–Trinajstić information content (AvgIpc) is 2.79. The van der Waals surface area contributed by atoms with Crippen LogP contribution >= 0.6 is 0 Å². The number of aromatic nitrogens is 2. The van der Waals surface area contributed by atoms with Gasteiger partial charge in [-0.25, -0.2) is 14.4 Å². The van der Waals surface area contributed by atoms with Crippen molar-refractivity contribution in [3.05, 3.63) is 82.9 Å². The molecule has 3 aromatic rings. The van der Waals surface area contributed by atoms with Gasteiger partial charge in [-0.15, -0.1) is 0 Å². The van der Waals surface area contributed by atoms with E-state index in [0.717, 1.165) is 17.3 Å². The quantitative estimate of drug-likeness (QED) is 0.683. The standard InChI is InChI=1S/C23H21FN4O3/c1-2-31-20-9-4-3-8-18(20)22(30)28-11-10-19-16(14-28)13-25-23(26-19)27-21(29)15-6-5-7-17(24)12-15/h3-9,12-13H,2,10-11,14H2,1H3,(H,25,26,27,29). The third kappa shape index (κ3) is 4.53. The maximum Gasteiger partial charge on any atom is 0.258 e. The Morgan fingerprint density at radius 3 is 2.84 bits per heavy atom. The first kappa shape index (κ1) is 20.5. The zero-order valence-corrected chi connectivity index (χ0v) is 17.0. The highest BCUT2D eigenvalue weighted by Gasteiger charge is 2.25. The summed E-state index contributed by atoms with van der Waals surface area (Å²) in [6, 6.07) is 12.6. The largest absolute Gasteiger partial charge is 0.493 e. The van der Waals surface area contributed by atoms with Gasteiger partial charge in [0, 0.05) is 36.8 Å². The van der Waals surface area contributed by atoms with Gasteiger partial charge in [0.15, 0.2) is 0 Å². The highest BCUT2D eigenvalue weighted by molar-refractivity contribution is 6.03. The number of amides is 2. The van der Waals surface area contributed by atoms with Gasteiger partial charge in [-0.1, -0.05) is 18.2 Å². The highest BCUT2D eigenvalue weighted by atomic mass is 19.1. The average molecular weight is 420 g/mol. The first-order valence-corrected chi connectivity index (χ1v) is 9.98. The molecule has 1 N–H and O–H groups in total. The van der Waals surface area contributed by atoms with Crippen molar-refractivity contribution in [1.29, 1.82) is 0 Å². The number of halogens is 1. The summed E-state index contributed by atoms with van der Waals surface area (Å²) in [5, 5.41) is 2.59. The summed E-state index contributed by atoms with van der Waals surface area (Å²) < 4.78 is 18.9. The number of ether oxygens (including phenoxy) is 1. The van der Waals surface area contributed by atoms with E-state index in [1.165, 1.54) is 18.2 Å². The summed E-state index contributed by atoms with van der Waals surface area (Å²) in [4.78, 5) is 35.7. The van der Waals surface area contributed by atoms with Crippen molar-refractivity contribution in [2.45, 2.75) is 19.9 Å². The molecule has 0 unspecified atom stereocenters. The second-order valence-electron chi connectivity index (χ2n) is 7.04. The lowest BCUT2D eigenvalue weighted by molar-refractivity contribution is 0.0729. The number of para-hydroxylation sites is 1. The van der Waals surface area contributed by atoms with E-state index < -0.39 is 11.7 Å². The Bertz CT molecular complexity index is 1140. The predicted molar refractivity (Wildman–Crippen MR) is 112 cm³/mol. The van der Waals surface area contributed by atoms with Crippen LogP contribution in [0.25, 0.3) is 0 Å². The van der Waals surface area contributed by atoms with E-state index >= 15 is 0 Å². The first-order valence-electron chi connectivity index (χ1n) is 9.98. The Hall–Kier alpha value is -3.81. The molecule has 0 bridgehead atoms. The van der Waals surface area contributed by atoms with Crippen molar-refractivity contribution in [1.82, 2.24) is 14.9 Å². The van der Waals surface area contributed by atoms with E-state index in [2.05, 4.69) is 15.3 Å². The molecule has 2 heterocycles. The first-order chi connectivity index (χ1) is 15.0. The van der Waals surface area contributed by atoms with Gasteiger partial charge in [-0.3, -0.25) is 14.9 Å². The van der Waals surface area contributed by atoms with Crippen LogP contribution in [0.1, 0.15) is 38.9 Å². The van der Waals surface area contributed by atoms with Crippen LogP contribution in [0.3, 0.4) is 0 Å². The molecule has 0 saturated carbocycles. The molecule has 1 aliphatic rings. The van der Waals surface area contributed by atoms with Gasteiger partial charge in [0.1, 0.15) is 11.6 Å². The molecule has 2 amide bonds. The zero-order valence-electron chi connectivity index (χ0n) is 17.0. The van der Waals surface area contributed by atoms with Crippen LogP contribution in [0.5, 0.6) is 5.75 Å². The second kappa shape index (κ2) is 8.91. The SMILES string of the molecule is CCOc1ccccc1C(=O)N1CCc2nc(NC(=O)c3cccc(F)c3)ncc2C1. The van der Waals surface area contributed by atoms with Crippen LogP contribution in [0.15, 0.2) is 54.7 Å². The Labute approximate surface area is 178 Å². The fourth-order valence-corrected chi connectivity index (χ4v) is 3.45. The van der Waals surface area contributed by atoms with Crippen molar-refractivity contribution in [3.8, 4) is 5.75 Å². The molecular formula is C23H21FN4O3. The van der Waals surface area contributed by atoms with Gasteiger partial charge in [-0.2, -0.15) is 0 Å². The molecule has 2 aromatic carbocycles. The van der Waals surface area contributed by atoms with E-state index in [4.69, 9.17) is 4.74 Å². The summed E-state index contributed by atoms with van der Waals surface area (Å²) in [5.74, 6) is -0.380. The number of hydrogen-bond donors (Lipinski definition) is 1. The molecule has 158 valence electrons. The molecule has 8 heteroatoms. The maximum atomic E-state index is 13.3. The lowest BCUT2D eigenvalue weighted by atomic mass is 10.1. The molecule has 0 atom stereocenters. The Morgan fingerprint density at radius 1 is 1.19 bits per heavy atom. The minimum atomic E-state index is -0.491. The highest BCUT2D eigenvalue weighted by Crippen LogP contribution is 2.24. The number of nitrogens with zero attached hydrogens (tertiary/aromatic N) is 3. The smallest absolute Gasteiger partial charge is 0.258 e. The van der Waals surface area contributed by atoms with E-state index in [-0.39, 0.29) is 17.4 Å². The Morgan fingerprint density at radius 2 is 2.03 bits per heavy atom. The van der Waals surface area contributed by atoms with Crippen molar-refractivity contribution in [3.63, 3.8) is 0 Å². The molecule has 4 rings (SSSR count). The van der Waals surface area contributed by atoms with E-state index in [0.29, 0.717) is 37.4 Å².